The molecule has 4 aromatic carbocycles. The Morgan fingerprint density at radius 1 is 0.569 bits per heavy atom. The fourth-order valence-corrected chi connectivity index (χ4v) is 8.05. The van der Waals surface area contributed by atoms with Crippen LogP contribution in [0.2, 0.25) is 0 Å². The molecule has 6 rings (SSSR count). The Hall–Kier alpha value is -5.46. The minimum absolute atomic E-state index is 0.0000767. The van der Waals surface area contributed by atoms with Crippen LogP contribution in [0, 0.1) is 0 Å². The molecule has 2 aliphatic rings. The number of methoxy groups -OCH3 is 4. The van der Waals surface area contributed by atoms with Gasteiger partial charge in [-0.05, 0) is 108 Å². The van der Waals surface area contributed by atoms with Crippen LogP contribution >= 0.6 is 0 Å². The van der Waals surface area contributed by atoms with E-state index in [0.717, 1.165) is 17.5 Å². The van der Waals surface area contributed by atoms with Gasteiger partial charge in [-0.1, -0.05) is 43.3 Å². The van der Waals surface area contributed by atoms with E-state index in [1.807, 2.05) is 69.3 Å². The summed E-state index contributed by atoms with van der Waals surface area (Å²) in [4.78, 5) is 34.0. The van der Waals surface area contributed by atoms with Crippen LogP contribution in [0.5, 0.6) is 34.5 Å². The van der Waals surface area contributed by atoms with E-state index in [1.54, 1.807) is 73.9 Å². The summed E-state index contributed by atoms with van der Waals surface area (Å²) in [5.74, 6) is 1.91. The van der Waals surface area contributed by atoms with Crippen molar-refractivity contribution in [1.82, 2.24) is 9.80 Å². The molecule has 12 heteroatoms. The molecular weight excluding hydrogens is 741 g/mol. The summed E-state index contributed by atoms with van der Waals surface area (Å²) in [5.41, 5.74) is -5.02. The monoisotopic (exact) mass is 796 g/mol. The average molecular weight is 797 g/mol. The standard InChI is InChI=1S/C46H56N2O10/c1-12-27-55-33-23-19-31(20-24-33)28-47-41(49)43(4,5)57-45(47,39-35(51-8)15-13-16-36(39)52-9)46(40-37(53-10)17-14-18-38(40)54-11)48(42(50)44(6,7)58-46)29-32-21-25-34(26-22-32)56-30(2)3/h13-26,30H,12,27-29H2,1-11H3. The van der Waals surface area contributed by atoms with Crippen LogP contribution in [0.4, 0.5) is 0 Å². The van der Waals surface area contributed by atoms with Crippen LogP contribution in [-0.2, 0) is 43.6 Å². The third kappa shape index (κ3) is 7.17. The molecule has 2 heterocycles. The number of carbonyl (C=O) groups excluding carboxylic acids is 2. The van der Waals surface area contributed by atoms with Crippen molar-refractivity contribution in [3.05, 3.63) is 107 Å². The quantitative estimate of drug-likeness (QED) is 0.111. The lowest BCUT2D eigenvalue weighted by atomic mass is 9.80. The van der Waals surface area contributed by atoms with Crippen LogP contribution in [-0.4, -0.2) is 74.0 Å². The Morgan fingerprint density at radius 3 is 1.26 bits per heavy atom. The number of ether oxygens (including phenoxy) is 8. The van der Waals surface area contributed by atoms with Gasteiger partial charge >= 0.3 is 0 Å². The minimum atomic E-state index is -2.08. The molecule has 2 atom stereocenters. The SMILES string of the molecule is CCCOc1ccc(CN2C(=O)C(C)(C)OC2(c2c(OC)cccc2OC)C2(c3c(OC)cccc3OC)OC(C)(C)C(=O)N2Cc2ccc(OC(C)C)cc2)cc1. The van der Waals surface area contributed by atoms with E-state index < -0.39 is 22.7 Å². The molecule has 12 nitrogen and oxygen atoms in total. The van der Waals surface area contributed by atoms with Gasteiger partial charge in [-0.2, -0.15) is 0 Å². The summed E-state index contributed by atoms with van der Waals surface area (Å²) in [6.07, 6.45) is 0.823. The average Bonchev–Trinajstić information content (AvgIpc) is 3.54. The first-order valence-corrected chi connectivity index (χ1v) is 19.6. The molecule has 0 bridgehead atoms. The van der Waals surface area contributed by atoms with Gasteiger partial charge in [0.1, 0.15) is 45.7 Å². The molecule has 2 fully saturated rings. The number of carbonyl (C=O) groups is 2. The normalized spacial score (nSPS) is 21.0. The largest absolute Gasteiger partial charge is 0.496 e. The molecule has 0 spiro atoms. The van der Waals surface area contributed by atoms with Gasteiger partial charge in [-0.15, -0.1) is 0 Å². The van der Waals surface area contributed by atoms with Crippen molar-refractivity contribution in [2.24, 2.45) is 0 Å². The molecule has 4 aromatic rings. The highest BCUT2D eigenvalue weighted by Gasteiger charge is 2.78. The van der Waals surface area contributed by atoms with Gasteiger partial charge in [0.15, 0.2) is 0 Å². The van der Waals surface area contributed by atoms with Gasteiger partial charge in [-0.3, -0.25) is 19.4 Å². The molecule has 2 aliphatic heterocycles. The van der Waals surface area contributed by atoms with Crippen LogP contribution in [0.1, 0.15) is 77.1 Å². The number of amides is 2. The molecule has 58 heavy (non-hydrogen) atoms. The zero-order valence-corrected chi connectivity index (χ0v) is 35.5. The summed E-state index contributed by atoms with van der Waals surface area (Å²) >= 11 is 0. The van der Waals surface area contributed by atoms with E-state index in [0.29, 0.717) is 52.2 Å². The highest BCUT2D eigenvalue weighted by atomic mass is 16.6. The van der Waals surface area contributed by atoms with Crippen molar-refractivity contribution in [2.45, 2.75) is 96.7 Å². The smallest absolute Gasteiger partial charge is 0.257 e. The Morgan fingerprint density at radius 2 is 0.931 bits per heavy atom. The maximum atomic E-state index is 15.4. The van der Waals surface area contributed by atoms with Gasteiger partial charge < -0.3 is 37.9 Å². The molecular formula is C46H56N2O10. The maximum Gasteiger partial charge on any atom is 0.257 e. The molecule has 2 saturated heterocycles. The van der Waals surface area contributed by atoms with Crippen molar-refractivity contribution >= 4 is 11.8 Å². The van der Waals surface area contributed by atoms with E-state index in [4.69, 9.17) is 37.9 Å². The van der Waals surface area contributed by atoms with E-state index >= 15 is 9.59 Å². The highest BCUT2D eigenvalue weighted by molar-refractivity contribution is 5.91. The Balaban J connectivity index is 1.77. The fraction of sp³-hybridized carbons (Fsp3) is 0.435. The van der Waals surface area contributed by atoms with Crippen molar-refractivity contribution in [3.63, 3.8) is 0 Å². The van der Waals surface area contributed by atoms with Gasteiger partial charge in [0.05, 0.1) is 52.3 Å². The first kappa shape index (κ1) is 42.2. The molecule has 2 amide bonds. The van der Waals surface area contributed by atoms with Crippen molar-refractivity contribution < 1.29 is 47.5 Å². The molecule has 310 valence electrons. The molecule has 0 saturated carbocycles. The van der Waals surface area contributed by atoms with E-state index in [2.05, 4.69) is 0 Å². The number of hydrogen-bond acceptors (Lipinski definition) is 10. The molecule has 0 radical (unpaired) electrons. The predicted octanol–water partition coefficient (Wildman–Crippen LogP) is 7.98. The minimum Gasteiger partial charge on any atom is -0.496 e. The summed E-state index contributed by atoms with van der Waals surface area (Å²) in [6.45, 7) is 13.4. The topological polar surface area (TPSA) is 114 Å². The fourth-order valence-electron chi connectivity index (χ4n) is 8.05. The lowest BCUT2D eigenvalue weighted by Gasteiger charge is -2.53. The van der Waals surface area contributed by atoms with Crippen molar-refractivity contribution in [2.75, 3.05) is 35.0 Å². The van der Waals surface area contributed by atoms with Gasteiger partial charge in [-0.25, -0.2) is 0 Å². The number of benzene rings is 4. The lowest BCUT2D eigenvalue weighted by molar-refractivity contribution is -0.317. The summed E-state index contributed by atoms with van der Waals surface area (Å²) < 4.78 is 51.4. The Kier molecular flexibility index (Phi) is 11.9. The van der Waals surface area contributed by atoms with E-state index in [1.165, 1.54) is 28.4 Å². The predicted molar refractivity (Wildman–Crippen MR) is 218 cm³/mol. The zero-order valence-electron chi connectivity index (χ0n) is 35.5. The number of rotatable bonds is 16. The summed E-state index contributed by atoms with van der Waals surface area (Å²) in [7, 11) is 6.14. The third-order valence-corrected chi connectivity index (χ3v) is 10.5. The molecule has 0 aliphatic carbocycles. The molecule has 0 N–H and O–H groups in total. The van der Waals surface area contributed by atoms with Crippen molar-refractivity contribution in [1.29, 1.82) is 0 Å². The first-order chi connectivity index (χ1) is 27.6. The zero-order chi connectivity index (χ0) is 42.0. The van der Waals surface area contributed by atoms with Crippen LogP contribution in [0.3, 0.4) is 0 Å². The van der Waals surface area contributed by atoms with Crippen molar-refractivity contribution in [3.8, 4) is 34.5 Å². The summed E-state index contributed by atoms with van der Waals surface area (Å²) in [5, 5.41) is 0. The first-order valence-electron chi connectivity index (χ1n) is 19.6. The molecule has 2 unspecified atom stereocenters. The van der Waals surface area contributed by atoms with E-state index in [-0.39, 0.29) is 31.0 Å². The highest BCUT2D eigenvalue weighted by Crippen LogP contribution is 2.66. The van der Waals surface area contributed by atoms with Crippen LogP contribution < -0.4 is 28.4 Å². The van der Waals surface area contributed by atoms with Gasteiger partial charge in [0, 0.05) is 13.1 Å². The Labute approximate surface area is 341 Å². The second kappa shape index (κ2) is 16.4. The maximum absolute atomic E-state index is 15.4. The Bertz CT molecular complexity index is 2050. The second-order valence-electron chi connectivity index (χ2n) is 15.7. The lowest BCUT2D eigenvalue weighted by Crippen LogP contribution is -2.65. The molecule has 0 aromatic heterocycles. The number of hydrogen-bond donors (Lipinski definition) is 0. The van der Waals surface area contributed by atoms with E-state index in [9.17, 15) is 0 Å². The number of nitrogens with zero attached hydrogens (tertiary/aromatic N) is 2. The summed E-state index contributed by atoms with van der Waals surface area (Å²) in [6, 6.07) is 25.8. The van der Waals surface area contributed by atoms with Crippen LogP contribution in [0.25, 0.3) is 0 Å². The van der Waals surface area contributed by atoms with Gasteiger partial charge in [0.25, 0.3) is 11.8 Å². The van der Waals surface area contributed by atoms with Crippen LogP contribution in [0.15, 0.2) is 84.9 Å². The van der Waals surface area contributed by atoms with Gasteiger partial charge in [0.2, 0.25) is 11.4 Å². The third-order valence-electron chi connectivity index (χ3n) is 10.5. The second-order valence-corrected chi connectivity index (χ2v) is 15.7.